The molecule has 0 radical (unpaired) electrons. The van der Waals surface area contributed by atoms with Gasteiger partial charge in [0.15, 0.2) is 0 Å². The Hall–Kier alpha value is -0.960. The minimum Gasteiger partial charge on any atom is -0.207 e. The lowest BCUT2D eigenvalue weighted by Gasteiger charge is -2.08. The van der Waals surface area contributed by atoms with Gasteiger partial charge in [0, 0.05) is 17.2 Å². The second kappa shape index (κ2) is 5.58. The number of benzene rings is 1. The Labute approximate surface area is 115 Å². The van der Waals surface area contributed by atoms with Gasteiger partial charge < -0.3 is 0 Å². The molecule has 0 saturated carbocycles. The maximum Gasteiger partial charge on any atom is 0.261 e. The van der Waals surface area contributed by atoms with Crippen LogP contribution in [0.3, 0.4) is 0 Å². The van der Waals surface area contributed by atoms with Crippen molar-refractivity contribution in [1.82, 2.24) is 4.72 Å². The third-order valence-corrected chi connectivity index (χ3v) is 4.82. The van der Waals surface area contributed by atoms with Gasteiger partial charge in [0.05, 0.1) is 4.90 Å². The topological polar surface area (TPSA) is 80.3 Å². The third-order valence-electron chi connectivity index (χ3n) is 2.04. The van der Waals surface area contributed by atoms with Crippen molar-refractivity contribution >= 4 is 29.8 Å². The summed E-state index contributed by atoms with van der Waals surface area (Å²) in [4.78, 5) is -1.16. The van der Waals surface area contributed by atoms with Crippen LogP contribution in [0.4, 0.5) is 4.39 Å². The van der Waals surface area contributed by atoms with E-state index in [1.807, 2.05) is 0 Å². The Morgan fingerprint density at radius 1 is 1.37 bits per heavy atom. The highest BCUT2D eigenvalue weighted by Gasteiger charge is 2.21. The van der Waals surface area contributed by atoms with Crippen LogP contribution in [0.2, 0.25) is 0 Å². The monoisotopic (exact) mass is 327 g/mol. The molecule has 0 fully saturated rings. The average Bonchev–Trinajstić information content (AvgIpc) is 2.25. The maximum atomic E-state index is 13.6. The lowest BCUT2D eigenvalue weighted by molar-refractivity contribution is 0.555. The molecular weight excluding hydrogens is 317 g/mol. The Morgan fingerprint density at radius 3 is 2.37 bits per heavy atom. The number of sulfonamides is 1. The first-order valence-corrected chi connectivity index (χ1v) is 8.71. The number of nitrogens with one attached hydrogen (secondary N) is 1. The molecular formula is C10H11ClFNO4S2. The van der Waals surface area contributed by atoms with E-state index in [1.54, 1.807) is 6.92 Å². The van der Waals surface area contributed by atoms with E-state index in [0.29, 0.717) is 11.6 Å². The molecule has 5 nitrogen and oxygen atoms in total. The Kier molecular flexibility index (Phi) is 4.72. The predicted octanol–water partition coefficient (Wildman–Crippen LogP) is 1.61. The summed E-state index contributed by atoms with van der Waals surface area (Å²) in [7, 11) is -3.15. The second-order valence-electron chi connectivity index (χ2n) is 3.81. The lowest BCUT2D eigenvalue weighted by atomic mass is 10.3. The summed E-state index contributed by atoms with van der Waals surface area (Å²) in [5, 5.41) is 0. The van der Waals surface area contributed by atoms with Gasteiger partial charge in [-0.3, -0.25) is 0 Å². The number of rotatable bonds is 5. The fraction of sp³-hybridized carbons (Fsp3) is 0.200. The van der Waals surface area contributed by atoms with Gasteiger partial charge in [0.2, 0.25) is 10.0 Å². The summed E-state index contributed by atoms with van der Waals surface area (Å²) in [5.74, 6) is -1.20. The third kappa shape index (κ3) is 4.27. The van der Waals surface area contributed by atoms with E-state index in [1.165, 1.54) is 0 Å². The number of hydrogen-bond donors (Lipinski definition) is 1. The van der Waals surface area contributed by atoms with Gasteiger partial charge in [0.1, 0.15) is 10.7 Å². The van der Waals surface area contributed by atoms with Crippen LogP contribution in [0.5, 0.6) is 0 Å². The van der Waals surface area contributed by atoms with E-state index in [0.717, 1.165) is 12.1 Å². The molecule has 0 saturated heterocycles. The Balaban J connectivity index is 3.20. The molecule has 0 aliphatic rings. The van der Waals surface area contributed by atoms with Crippen LogP contribution in [-0.2, 0) is 19.1 Å². The minimum absolute atomic E-state index is 0.0443. The number of halogens is 2. The predicted molar refractivity (Wildman–Crippen MR) is 69.4 cm³/mol. The molecule has 0 unspecified atom stereocenters. The molecule has 0 bridgehead atoms. The summed E-state index contributed by atoms with van der Waals surface area (Å²) in [5.41, 5.74) is 0.545. The summed E-state index contributed by atoms with van der Waals surface area (Å²) in [6.45, 7) is 5.06. The van der Waals surface area contributed by atoms with Crippen molar-refractivity contribution in [3.05, 3.63) is 36.2 Å². The lowest BCUT2D eigenvalue weighted by Crippen LogP contribution is -2.26. The van der Waals surface area contributed by atoms with Crippen molar-refractivity contribution in [2.45, 2.75) is 16.7 Å². The summed E-state index contributed by atoms with van der Waals surface area (Å²) in [6.07, 6.45) is 0. The van der Waals surface area contributed by atoms with Gasteiger partial charge in [-0.2, -0.15) is 0 Å². The van der Waals surface area contributed by atoms with Crippen molar-refractivity contribution < 1.29 is 21.2 Å². The standard InChI is InChI=1S/C10H11ClFNO4S2/c1-7(2)6-13-19(16,17)10-4-3-8(5-9(10)12)18(11,14)15/h3-5,13H,1,6H2,2H3. The molecule has 1 aromatic carbocycles. The summed E-state index contributed by atoms with van der Waals surface area (Å²) >= 11 is 0. The Morgan fingerprint density at radius 2 is 1.95 bits per heavy atom. The Bertz CT molecular complexity index is 713. The van der Waals surface area contributed by atoms with Gasteiger partial charge in [-0.1, -0.05) is 12.2 Å². The van der Waals surface area contributed by atoms with Crippen LogP contribution < -0.4 is 4.72 Å². The molecule has 0 aromatic heterocycles. The van der Waals surface area contributed by atoms with Crippen LogP contribution in [0.1, 0.15) is 6.92 Å². The highest BCUT2D eigenvalue weighted by molar-refractivity contribution is 8.13. The molecule has 9 heteroatoms. The van der Waals surface area contributed by atoms with Gasteiger partial charge in [-0.05, 0) is 25.1 Å². The van der Waals surface area contributed by atoms with Crippen LogP contribution in [0.25, 0.3) is 0 Å². The van der Waals surface area contributed by atoms with E-state index in [4.69, 9.17) is 10.7 Å². The molecule has 0 heterocycles. The van der Waals surface area contributed by atoms with Crippen LogP contribution >= 0.6 is 10.7 Å². The largest absolute Gasteiger partial charge is 0.261 e. The SMILES string of the molecule is C=C(C)CNS(=O)(=O)c1ccc(S(=O)(=O)Cl)cc1F. The van der Waals surface area contributed by atoms with E-state index in [9.17, 15) is 21.2 Å². The zero-order valence-corrected chi connectivity index (χ0v) is 12.2. The zero-order chi connectivity index (χ0) is 14.8. The first-order chi connectivity index (χ1) is 8.54. The van der Waals surface area contributed by atoms with Crippen molar-refractivity contribution in [3.8, 4) is 0 Å². The average molecular weight is 328 g/mol. The van der Waals surface area contributed by atoms with E-state index in [-0.39, 0.29) is 6.54 Å². The van der Waals surface area contributed by atoms with Crippen molar-refractivity contribution in [3.63, 3.8) is 0 Å². The van der Waals surface area contributed by atoms with Gasteiger partial charge in [-0.15, -0.1) is 0 Å². The molecule has 0 aliphatic heterocycles. The van der Waals surface area contributed by atoms with E-state index in [2.05, 4.69) is 11.3 Å². The molecule has 0 spiro atoms. The fourth-order valence-corrected chi connectivity index (χ4v) is 3.06. The van der Waals surface area contributed by atoms with E-state index >= 15 is 0 Å². The first-order valence-electron chi connectivity index (χ1n) is 4.92. The molecule has 0 atom stereocenters. The molecule has 1 aromatic rings. The second-order valence-corrected chi connectivity index (χ2v) is 8.11. The van der Waals surface area contributed by atoms with Gasteiger partial charge in [0.25, 0.3) is 9.05 Å². The first kappa shape index (κ1) is 16.1. The van der Waals surface area contributed by atoms with E-state index < -0.39 is 34.7 Å². The highest BCUT2D eigenvalue weighted by Crippen LogP contribution is 2.21. The quantitative estimate of drug-likeness (QED) is 0.658. The van der Waals surface area contributed by atoms with Gasteiger partial charge in [-0.25, -0.2) is 25.9 Å². The summed E-state index contributed by atoms with van der Waals surface area (Å²) in [6, 6.07) is 2.31. The van der Waals surface area contributed by atoms with Crippen molar-refractivity contribution in [2.75, 3.05) is 6.54 Å². The zero-order valence-electron chi connectivity index (χ0n) is 9.85. The van der Waals surface area contributed by atoms with Crippen molar-refractivity contribution in [1.29, 1.82) is 0 Å². The highest BCUT2D eigenvalue weighted by atomic mass is 35.7. The summed E-state index contributed by atoms with van der Waals surface area (Å²) < 4.78 is 61.2. The molecule has 19 heavy (non-hydrogen) atoms. The molecule has 1 rings (SSSR count). The smallest absolute Gasteiger partial charge is 0.207 e. The van der Waals surface area contributed by atoms with Crippen LogP contribution in [0, 0.1) is 5.82 Å². The van der Waals surface area contributed by atoms with Crippen molar-refractivity contribution in [2.24, 2.45) is 0 Å². The van der Waals surface area contributed by atoms with Crippen LogP contribution in [0.15, 0.2) is 40.1 Å². The number of hydrogen-bond acceptors (Lipinski definition) is 4. The molecule has 0 amide bonds. The molecule has 0 aliphatic carbocycles. The minimum atomic E-state index is -4.11. The maximum absolute atomic E-state index is 13.6. The molecule has 1 N–H and O–H groups in total. The van der Waals surface area contributed by atoms with Gasteiger partial charge >= 0.3 is 0 Å². The van der Waals surface area contributed by atoms with Crippen LogP contribution in [-0.4, -0.2) is 23.4 Å². The fourth-order valence-electron chi connectivity index (χ4n) is 1.15. The normalized spacial score (nSPS) is 12.4. The molecule has 106 valence electrons.